The van der Waals surface area contributed by atoms with Crippen LogP contribution in [0.1, 0.15) is 52.4 Å². The highest BCUT2D eigenvalue weighted by atomic mass is 16.6. The number of carbonyl (C=O) groups is 2. The van der Waals surface area contributed by atoms with E-state index in [1.54, 1.807) is 6.92 Å². The molecule has 4 fully saturated rings. The molecule has 0 aliphatic heterocycles. The lowest BCUT2D eigenvalue weighted by Crippen LogP contribution is -2.58. The van der Waals surface area contributed by atoms with Gasteiger partial charge in [-0.1, -0.05) is 12.2 Å². The van der Waals surface area contributed by atoms with Gasteiger partial charge in [0.2, 0.25) is 0 Å². The molecule has 0 aromatic heterocycles. The van der Waals surface area contributed by atoms with Gasteiger partial charge in [-0.05, 0) is 69.6 Å². The van der Waals surface area contributed by atoms with Crippen LogP contribution in [0.4, 0.5) is 0 Å². The van der Waals surface area contributed by atoms with Crippen LogP contribution in [-0.2, 0) is 19.1 Å². The van der Waals surface area contributed by atoms with Crippen LogP contribution in [0.15, 0.2) is 12.2 Å². The van der Waals surface area contributed by atoms with Crippen molar-refractivity contribution < 1.29 is 19.1 Å². The maximum Gasteiger partial charge on any atom is 0.344 e. The fourth-order valence-corrected chi connectivity index (χ4v) is 5.00. The van der Waals surface area contributed by atoms with Gasteiger partial charge in [-0.3, -0.25) is 4.79 Å². The number of carbonyl (C=O) groups excluding carboxylic acids is 2. The highest BCUT2D eigenvalue weighted by Gasteiger charge is 2.57. The summed E-state index contributed by atoms with van der Waals surface area (Å²) in [4.78, 5) is 23.6. The second-order valence-electron chi connectivity index (χ2n) is 7.76. The van der Waals surface area contributed by atoms with Gasteiger partial charge in [0.05, 0.1) is 6.42 Å². The first-order valence-corrected chi connectivity index (χ1v) is 8.38. The van der Waals surface area contributed by atoms with Crippen molar-refractivity contribution in [2.75, 3.05) is 6.61 Å². The zero-order valence-electron chi connectivity index (χ0n) is 13.6. The van der Waals surface area contributed by atoms with E-state index in [9.17, 15) is 9.59 Å². The normalized spacial score (nSPS) is 38.6. The average Bonchev–Trinajstić information content (AvgIpc) is 2.41. The van der Waals surface area contributed by atoms with Crippen LogP contribution in [0.25, 0.3) is 0 Å². The zero-order valence-corrected chi connectivity index (χ0v) is 13.6. The summed E-state index contributed by atoms with van der Waals surface area (Å²) in [5.74, 6) is 1.81. The van der Waals surface area contributed by atoms with Crippen molar-refractivity contribution in [1.82, 2.24) is 0 Å². The zero-order chi connectivity index (χ0) is 15.9. The second-order valence-corrected chi connectivity index (χ2v) is 7.76. The number of esters is 2. The Morgan fingerprint density at radius 1 is 1.05 bits per heavy atom. The Morgan fingerprint density at radius 3 is 2.09 bits per heavy atom. The van der Waals surface area contributed by atoms with Gasteiger partial charge in [-0.2, -0.15) is 0 Å². The molecule has 0 spiro atoms. The Balaban J connectivity index is 1.55. The smallest absolute Gasteiger partial charge is 0.344 e. The molecule has 0 unspecified atom stereocenters. The largest absolute Gasteiger partial charge is 0.456 e. The quantitative estimate of drug-likeness (QED) is 0.578. The van der Waals surface area contributed by atoms with E-state index in [1.807, 2.05) is 0 Å². The van der Waals surface area contributed by atoms with Gasteiger partial charge in [0.25, 0.3) is 0 Å². The van der Waals surface area contributed by atoms with Crippen molar-refractivity contribution in [3.8, 4) is 0 Å². The summed E-state index contributed by atoms with van der Waals surface area (Å²) in [5.41, 5.74) is 0.372. The monoisotopic (exact) mass is 306 g/mol. The molecule has 4 bridgehead atoms. The molecule has 4 aliphatic rings. The summed E-state index contributed by atoms with van der Waals surface area (Å²) in [5, 5.41) is 0. The van der Waals surface area contributed by atoms with Crippen LogP contribution in [0, 0.1) is 23.7 Å². The van der Waals surface area contributed by atoms with E-state index in [4.69, 9.17) is 9.47 Å². The molecule has 0 saturated heterocycles. The Labute approximate surface area is 132 Å². The molecular formula is C18H26O4. The van der Waals surface area contributed by atoms with Gasteiger partial charge in [0.1, 0.15) is 5.60 Å². The molecule has 4 nitrogen and oxygen atoms in total. The second kappa shape index (κ2) is 5.71. The summed E-state index contributed by atoms with van der Waals surface area (Å²) in [6, 6.07) is 0. The summed E-state index contributed by atoms with van der Waals surface area (Å²) in [7, 11) is 0. The number of rotatable bonds is 5. The summed E-state index contributed by atoms with van der Waals surface area (Å²) < 4.78 is 10.8. The fraction of sp³-hybridized carbons (Fsp3) is 0.778. The number of hydrogen-bond donors (Lipinski definition) is 0. The SMILES string of the molecule is C=C(C)CC(=O)OCC(=O)OC1(C)C2CC3CC(C2)CC1C3. The van der Waals surface area contributed by atoms with E-state index in [2.05, 4.69) is 13.5 Å². The third kappa shape index (κ3) is 2.92. The topological polar surface area (TPSA) is 52.6 Å². The molecule has 4 heteroatoms. The van der Waals surface area contributed by atoms with Gasteiger partial charge < -0.3 is 9.47 Å². The van der Waals surface area contributed by atoms with Crippen molar-refractivity contribution in [2.24, 2.45) is 23.7 Å². The van der Waals surface area contributed by atoms with Crippen LogP contribution in [0.5, 0.6) is 0 Å². The lowest BCUT2D eigenvalue weighted by atomic mass is 9.50. The third-order valence-corrected chi connectivity index (χ3v) is 5.89. The maximum absolute atomic E-state index is 12.1. The molecule has 0 aromatic rings. The van der Waals surface area contributed by atoms with Crippen molar-refractivity contribution in [2.45, 2.75) is 58.0 Å². The molecule has 0 atom stereocenters. The predicted octanol–water partition coefficient (Wildman–Crippen LogP) is 3.25. The number of ether oxygens (including phenoxy) is 2. The van der Waals surface area contributed by atoms with Gasteiger partial charge in [0.15, 0.2) is 6.61 Å². The molecule has 122 valence electrons. The fourth-order valence-electron chi connectivity index (χ4n) is 5.00. The minimum absolute atomic E-state index is 0.152. The predicted molar refractivity (Wildman–Crippen MR) is 81.9 cm³/mol. The van der Waals surface area contributed by atoms with Crippen LogP contribution < -0.4 is 0 Å². The van der Waals surface area contributed by atoms with Crippen molar-refractivity contribution in [3.05, 3.63) is 12.2 Å². The molecule has 4 saturated carbocycles. The lowest BCUT2D eigenvalue weighted by molar-refractivity contribution is -0.207. The van der Waals surface area contributed by atoms with Crippen molar-refractivity contribution in [3.63, 3.8) is 0 Å². The first-order chi connectivity index (χ1) is 10.4. The lowest BCUT2D eigenvalue weighted by Gasteiger charge is -2.59. The highest BCUT2D eigenvalue weighted by molar-refractivity contribution is 5.77. The first kappa shape index (κ1) is 15.6. The molecule has 0 amide bonds. The molecule has 0 N–H and O–H groups in total. The Hall–Kier alpha value is -1.32. The van der Waals surface area contributed by atoms with Gasteiger partial charge in [-0.15, -0.1) is 0 Å². The van der Waals surface area contributed by atoms with Crippen LogP contribution in [0.2, 0.25) is 0 Å². The minimum Gasteiger partial charge on any atom is -0.456 e. The van der Waals surface area contributed by atoms with Crippen molar-refractivity contribution in [1.29, 1.82) is 0 Å². The molecule has 0 heterocycles. The Morgan fingerprint density at radius 2 is 1.59 bits per heavy atom. The third-order valence-electron chi connectivity index (χ3n) is 5.89. The summed E-state index contributed by atoms with van der Waals surface area (Å²) in [6.45, 7) is 7.23. The first-order valence-electron chi connectivity index (χ1n) is 8.38. The van der Waals surface area contributed by atoms with E-state index in [0.29, 0.717) is 11.8 Å². The molecule has 4 aliphatic carbocycles. The molecule has 22 heavy (non-hydrogen) atoms. The van der Waals surface area contributed by atoms with Crippen LogP contribution in [0.3, 0.4) is 0 Å². The standard InChI is InChI=1S/C18H26O4/c1-11(2)4-16(19)21-10-17(20)22-18(3)14-6-12-5-13(8-14)9-15(18)7-12/h12-15H,1,4-10H2,2-3H3. The summed E-state index contributed by atoms with van der Waals surface area (Å²) >= 11 is 0. The van der Waals surface area contributed by atoms with E-state index in [0.717, 1.165) is 17.4 Å². The average molecular weight is 306 g/mol. The number of hydrogen-bond acceptors (Lipinski definition) is 4. The van der Waals surface area contributed by atoms with Crippen molar-refractivity contribution >= 4 is 11.9 Å². The van der Waals surface area contributed by atoms with Crippen LogP contribution in [-0.4, -0.2) is 24.1 Å². The molecular weight excluding hydrogens is 280 g/mol. The van der Waals surface area contributed by atoms with E-state index in [-0.39, 0.29) is 18.6 Å². The maximum atomic E-state index is 12.1. The Bertz CT molecular complexity index is 465. The molecule has 0 radical (unpaired) electrons. The van der Waals surface area contributed by atoms with Gasteiger partial charge >= 0.3 is 11.9 Å². The molecule has 0 aromatic carbocycles. The van der Waals surface area contributed by atoms with Crippen LogP contribution >= 0.6 is 0 Å². The minimum atomic E-state index is -0.417. The van der Waals surface area contributed by atoms with E-state index < -0.39 is 11.9 Å². The van der Waals surface area contributed by atoms with E-state index >= 15 is 0 Å². The molecule has 4 rings (SSSR count). The summed E-state index contributed by atoms with van der Waals surface area (Å²) in [6.07, 6.45) is 6.27. The van der Waals surface area contributed by atoms with E-state index in [1.165, 1.54) is 32.1 Å². The van der Waals surface area contributed by atoms with Gasteiger partial charge in [0, 0.05) is 0 Å². The van der Waals surface area contributed by atoms with Gasteiger partial charge in [-0.25, -0.2) is 4.79 Å². The highest BCUT2D eigenvalue weighted by Crippen LogP contribution is 2.59. The Kier molecular flexibility index (Phi) is 4.04.